The lowest BCUT2D eigenvalue weighted by molar-refractivity contribution is -0.148. The zero-order valence-corrected chi connectivity index (χ0v) is 15.4. The van der Waals surface area contributed by atoms with Gasteiger partial charge in [-0.1, -0.05) is 36.4 Å². The predicted molar refractivity (Wildman–Crippen MR) is 101 cm³/mol. The number of rotatable bonds is 7. The van der Waals surface area contributed by atoms with Crippen LogP contribution in [0.15, 0.2) is 48.5 Å². The van der Waals surface area contributed by atoms with Crippen LogP contribution in [-0.2, 0) is 20.7 Å². The van der Waals surface area contributed by atoms with Crippen molar-refractivity contribution in [1.82, 2.24) is 10.2 Å². The summed E-state index contributed by atoms with van der Waals surface area (Å²) in [5, 5.41) is 2.68. The van der Waals surface area contributed by atoms with Crippen molar-refractivity contribution in [2.75, 3.05) is 19.7 Å². The van der Waals surface area contributed by atoms with Gasteiger partial charge in [-0.15, -0.1) is 0 Å². The van der Waals surface area contributed by atoms with E-state index in [0.29, 0.717) is 13.0 Å². The van der Waals surface area contributed by atoms with Gasteiger partial charge >= 0.3 is 5.97 Å². The fourth-order valence-corrected chi connectivity index (χ4v) is 2.98. The maximum absolute atomic E-state index is 12.2. The molecule has 1 N–H and O–H groups in total. The van der Waals surface area contributed by atoms with Gasteiger partial charge in [0.25, 0.3) is 17.7 Å². The Morgan fingerprint density at radius 1 is 0.964 bits per heavy atom. The number of hydrogen-bond donors (Lipinski definition) is 1. The van der Waals surface area contributed by atoms with Crippen molar-refractivity contribution < 1.29 is 23.9 Å². The Morgan fingerprint density at radius 2 is 1.57 bits per heavy atom. The number of nitrogens with one attached hydrogen (secondary N) is 1. The van der Waals surface area contributed by atoms with Crippen LogP contribution < -0.4 is 5.32 Å². The van der Waals surface area contributed by atoms with Gasteiger partial charge in [0.2, 0.25) is 0 Å². The minimum atomic E-state index is -0.816. The quantitative estimate of drug-likeness (QED) is 0.580. The molecule has 1 aliphatic heterocycles. The molecule has 144 valence electrons. The molecule has 28 heavy (non-hydrogen) atoms. The Morgan fingerprint density at radius 3 is 2.21 bits per heavy atom. The van der Waals surface area contributed by atoms with Crippen LogP contribution in [0.25, 0.3) is 0 Å². The van der Waals surface area contributed by atoms with Crippen molar-refractivity contribution in [3.05, 3.63) is 70.8 Å². The molecule has 1 aliphatic rings. The highest BCUT2D eigenvalue weighted by atomic mass is 16.5. The smallest absolute Gasteiger partial charge is 0.326 e. The van der Waals surface area contributed by atoms with Crippen molar-refractivity contribution >= 4 is 23.7 Å². The molecule has 0 bridgehead atoms. The molecule has 2 aromatic rings. The van der Waals surface area contributed by atoms with Crippen LogP contribution >= 0.6 is 0 Å². The van der Waals surface area contributed by atoms with E-state index in [0.717, 1.165) is 16.0 Å². The number of carbonyl (C=O) groups is 4. The van der Waals surface area contributed by atoms with Gasteiger partial charge in [-0.05, 0) is 36.6 Å². The number of carbonyl (C=O) groups excluding carboxylic acids is 4. The van der Waals surface area contributed by atoms with Gasteiger partial charge in [-0.25, -0.2) is 0 Å². The third-order valence-corrected chi connectivity index (χ3v) is 4.51. The average Bonchev–Trinajstić information content (AvgIpc) is 2.93. The van der Waals surface area contributed by atoms with E-state index in [1.165, 1.54) is 12.1 Å². The molecule has 0 radical (unpaired) electrons. The van der Waals surface area contributed by atoms with Crippen LogP contribution in [0.4, 0.5) is 0 Å². The number of nitrogens with zero attached hydrogens (tertiary/aromatic N) is 1. The van der Waals surface area contributed by atoms with E-state index < -0.39 is 36.8 Å². The van der Waals surface area contributed by atoms with E-state index in [2.05, 4.69) is 5.32 Å². The molecular weight excluding hydrogens is 360 g/mol. The Bertz CT molecular complexity index is 903. The molecule has 0 aliphatic carbocycles. The maximum atomic E-state index is 12.2. The van der Waals surface area contributed by atoms with E-state index in [1.54, 1.807) is 12.1 Å². The summed E-state index contributed by atoms with van der Waals surface area (Å²) in [7, 11) is 0. The fraction of sp³-hybridized carbons (Fsp3) is 0.238. The van der Waals surface area contributed by atoms with Crippen LogP contribution in [0.5, 0.6) is 0 Å². The lowest BCUT2D eigenvalue weighted by Crippen LogP contribution is -2.37. The summed E-state index contributed by atoms with van der Waals surface area (Å²) < 4.78 is 4.89. The van der Waals surface area contributed by atoms with Crippen molar-refractivity contribution in [3.63, 3.8) is 0 Å². The number of aryl methyl sites for hydroxylation is 1. The topological polar surface area (TPSA) is 92.8 Å². The molecule has 0 atom stereocenters. The second kappa shape index (κ2) is 8.47. The van der Waals surface area contributed by atoms with E-state index in [-0.39, 0.29) is 11.1 Å². The highest BCUT2D eigenvalue weighted by Gasteiger charge is 2.36. The van der Waals surface area contributed by atoms with Crippen LogP contribution in [0.1, 0.15) is 31.8 Å². The summed E-state index contributed by atoms with van der Waals surface area (Å²) in [6.07, 6.45) is 0.668. The molecule has 0 unspecified atom stereocenters. The summed E-state index contributed by atoms with van der Waals surface area (Å²) in [5.74, 6) is -2.34. The third kappa shape index (κ3) is 4.25. The van der Waals surface area contributed by atoms with Crippen LogP contribution in [0.3, 0.4) is 0 Å². The summed E-state index contributed by atoms with van der Waals surface area (Å²) >= 11 is 0. The molecule has 7 nitrogen and oxygen atoms in total. The Hall–Kier alpha value is -3.48. The molecule has 3 amide bonds. The van der Waals surface area contributed by atoms with Gasteiger partial charge in [-0.2, -0.15) is 0 Å². The highest BCUT2D eigenvalue weighted by molar-refractivity contribution is 6.22. The second-order valence-corrected chi connectivity index (χ2v) is 6.43. The normalized spacial score (nSPS) is 12.7. The van der Waals surface area contributed by atoms with Crippen molar-refractivity contribution in [2.24, 2.45) is 0 Å². The maximum Gasteiger partial charge on any atom is 0.326 e. The van der Waals surface area contributed by atoms with Crippen molar-refractivity contribution in [1.29, 1.82) is 0 Å². The van der Waals surface area contributed by atoms with E-state index in [4.69, 9.17) is 4.74 Å². The second-order valence-electron chi connectivity index (χ2n) is 6.43. The zero-order chi connectivity index (χ0) is 20.1. The first-order valence-corrected chi connectivity index (χ1v) is 8.89. The van der Waals surface area contributed by atoms with Gasteiger partial charge in [-0.3, -0.25) is 24.1 Å². The van der Waals surface area contributed by atoms with Gasteiger partial charge in [0.15, 0.2) is 6.61 Å². The first-order valence-electron chi connectivity index (χ1n) is 8.89. The number of hydrogen-bond acceptors (Lipinski definition) is 5. The third-order valence-electron chi connectivity index (χ3n) is 4.51. The number of esters is 1. The molecule has 2 aromatic carbocycles. The minimum Gasteiger partial charge on any atom is -0.454 e. The van der Waals surface area contributed by atoms with E-state index in [1.807, 2.05) is 31.2 Å². The number of benzene rings is 2. The van der Waals surface area contributed by atoms with E-state index in [9.17, 15) is 19.2 Å². The Kier molecular flexibility index (Phi) is 5.84. The molecule has 0 saturated heterocycles. The Balaban J connectivity index is 1.42. The van der Waals surface area contributed by atoms with Gasteiger partial charge in [0.1, 0.15) is 6.54 Å². The first-order chi connectivity index (χ1) is 13.5. The number of amides is 3. The summed E-state index contributed by atoms with van der Waals surface area (Å²) in [6.45, 7) is 1.43. The highest BCUT2D eigenvalue weighted by Crippen LogP contribution is 2.22. The monoisotopic (exact) mass is 380 g/mol. The van der Waals surface area contributed by atoms with Crippen LogP contribution in [0, 0.1) is 6.92 Å². The number of ether oxygens (including phenoxy) is 1. The number of fused-ring (bicyclic) bond motifs is 1. The van der Waals surface area contributed by atoms with Crippen molar-refractivity contribution in [3.8, 4) is 0 Å². The first kappa shape index (κ1) is 19.3. The summed E-state index contributed by atoms with van der Waals surface area (Å²) in [6, 6.07) is 14.2. The average molecular weight is 380 g/mol. The summed E-state index contributed by atoms with van der Waals surface area (Å²) in [4.78, 5) is 49.0. The lowest BCUT2D eigenvalue weighted by atomic mass is 10.1. The number of imide groups is 1. The van der Waals surface area contributed by atoms with E-state index >= 15 is 0 Å². The van der Waals surface area contributed by atoms with Gasteiger partial charge < -0.3 is 10.1 Å². The molecular formula is C21H20N2O5. The SMILES string of the molecule is Cc1ccccc1CCNC(=O)COC(=O)CN1C(=O)c2ccccc2C1=O. The van der Waals surface area contributed by atoms with Crippen LogP contribution in [0.2, 0.25) is 0 Å². The largest absolute Gasteiger partial charge is 0.454 e. The predicted octanol–water partition coefficient (Wildman–Crippen LogP) is 1.49. The molecule has 7 heteroatoms. The fourth-order valence-electron chi connectivity index (χ4n) is 2.98. The van der Waals surface area contributed by atoms with Gasteiger partial charge in [0.05, 0.1) is 11.1 Å². The standard InChI is InChI=1S/C21H20N2O5/c1-14-6-2-3-7-15(14)10-11-22-18(24)13-28-19(25)12-23-20(26)16-8-4-5-9-17(16)21(23)27/h2-9H,10-13H2,1H3,(H,22,24). The molecule has 0 aromatic heterocycles. The molecule has 0 saturated carbocycles. The van der Waals surface area contributed by atoms with Crippen LogP contribution in [-0.4, -0.2) is 48.3 Å². The molecule has 0 spiro atoms. The van der Waals surface area contributed by atoms with Gasteiger partial charge in [0, 0.05) is 6.54 Å². The zero-order valence-electron chi connectivity index (χ0n) is 15.4. The lowest BCUT2D eigenvalue weighted by Gasteiger charge is -2.13. The summed E-state index contributed by atoms with van der Waals surface area (Å²) in [5.41, 5.74) is 2.79. The van der Waals surface area contributed by atoms with Crippen molar-refractivity contribution in [2.45, 2.75) is 13.3 Å². The molecule has 1 heterocycles. The Labute approximate surface area is 162 Å². The molecule has 0 fully saturated rings. The minimum absolute atomic E-state index is 0.259. The molecule has 3 rings (SSSR count).